The van der Waals surface area contributed by atoms with Crippen LogP contribution in [0.5, 0.6) is 0 Å². The van der Waals surface area contributed by atoms with E-state index in [9.17, 15) is 0 Å². The molecule has 1 aromatic heterocycles. The molecular weight excluding hydrogens is 318 g/mol. The van der Waals surface area contributed by atoms with E-state index in [1.54, 1.807) is 0 Å². The Morgan fingerprint density at radius 1 is 1.04 bits per heavy atom. The molecular formula is C23H27N3. The van der Waals surface area contributed by atoms with Crippen LogP contribution in [0.4, 0.5) is 0 Å². The van der Waals surface area contributed by atoms with Gasteiger partial charge in [-0.05, 0) is 43.0 Å². The van der Waals surface area contributed by atoms with Crippen LogP contribution in [-0.2, 0) is 0 Å². The molecule has 0 spiro atoms. The predicted molar refractivity (Wildman–Crippen MR) is 106 cm³/mol. The maximum atomic E-state index is 4.23. The van der Waals surface area contributed by atoms with Crippen molar-refractivity contribution in [2.45, 2.75) is 31.6 Å². The van der Waals surface area contributed by atoms with Gasteiger partial charge in [-0.1, -0.05) is 60.7 Å². The molecule has 4 rings (SSSR count). The Balaban J connectivity index is 1.55. The summed E-state index contributed by atoms with van der Waals surface area (Å²) in [6.07, 6.45) is 4.45. The molecule has 0 saturated carbocycles. The molecule has 0 radical (unpaired) electrons. The highest BCUT2D eigenvalue weighted by Gasteiger charge is 2.26. The van der Waals surface area contributed by atoms with Crippen LogP contribution in [0.1, 0.15) is 47.1 Å². The summed E-state index contributed by atoms with van der Waals surface area (Å²) in [5.74, 6) is 0.984. The largest absolute Gasteiger partial charge is 0.302 e. The van der Waals surface area contributed by atoms with Crippen molar-refractivity contribution in [3.63, 3.8) is 0 Å². The van der Waals surface area contributed by atoms with Gasteiger partial charge in [-0.25, -0.2) is 0 Å². The number of aromatic nitrogens is 2. The van der Waals surface area contributed by atoms with E-state index in [1.807, 2.05) is 6.20 Å². The van der Waals surface area contributed by atoms with Gasteiger partial charge in [-0.2, -0.15) is 5.10 Å². The Morgan fingerprint density at radius 2 is 1.69 bits per heavy atom. The lowest BCUT2D eigenvalue weighted by atomic mass is 9.88. The van der Waals surface area contributed by atoms with Crippen molar-refractivity contribution in [1.82, 2.24) is 15.1 Å². The van der Waals surface area contributed by atoms with Gasteiger partial charge in [0.05, 0.1) is 6.20 Å². The van der Waals surface area contributed by atoms with E-state index >= 15 is 0 Å². The average molecular weight is 345 g/mol. The van der Waals surface area contributed by atoms with Crippen LogP contribution < -0.4 is 0 Å². The van der Waals surface area contributed by atoms with Crippen molar-refractivity contribution in [1.29, 1.82) is 0 Å². The zero-order valence-electron chi connectivity index (χ0n) is 15.4. The molecule has 3 heteroatoms. The van der Waals surface area contributed by atoms with E-state index in [0.29, 0.717) is 11.8 Å². The molecule has 1 fully saturated rings. The summed E-state index contributed by atoms with van der Waals surface area (Å²) in [6.45, 7) is 5.52. The quantitative estimate of drug-likeness (QED) is 0.725. The number of rotatable bonds is 5. The second-order valence-electron chi connectivity index (χ2n) is 7.44. The van der Waals surface area contributed by atoms with Crippen molar-refractivity contribution in [2.24, 2.45) is 0 Å². The molecule has 1 unspecified atom stereocenters. The first kappa shape index (κ1) is 17.0. The van der Waals surface area contributed by atoms with Crippen LogP contribution in [-0.4, -0.2) is 34.7 Å². The van der Waals surface area contributed by atoms with Crippen LogP contribution in [0.25, 0.3) is 0 Å². The summed E-state index contributed by atoms with van der Waals surface area (Å²) < 4.78 is 0. The molecule has 1 N–H and O–H groups in total. The second kappa shape index (κ2) is 7.88. The van der Waals surface area contributed by atoms with E-state index in [2.05, 4.69) is 82.7 Å². The fourth-order valence-electron chi connectivity index (χ4n) is 4.26. The smallest absolute Gasteiger partial charge is 0.0519 e. The number of aryl methyl sites for hydroxylation is 1. The number of nitrogens with one attached hydrogen (secondary N) is 1. The van der Waals surface area contributed by atoms with Crippen LogP contribution in [0.15, 0.2) is 66.9 Å². The maximum Gasteiger partial charge on any atom is 0.0519 e. The lowest BCUT2D eigenvalue weighted by Crippen LogP contribution is -2.37. The fourth-order valence-corrected chi connectivity index (χ4v) is 4.26. The average Bonchev–Trinajstić information content (AvgIpc) is 3.14. The third kappa shape index (κ3) is 3.73. The van der Waals surface area contributed by atoms with E-state index in [1.165, 1.54) is 41.8 Å². The number of benzene rings is 2. The number of nitrogens with zero attached hydrogens (tertiary/aromatic N) is 2. The number of likely N-dealkylation sites (tertiary alicyclic amines) is 1. The van der Waals surface area contributed by atoms with Gasteiger partial charge in [-0.15, -0.1) is 0 Å². The third-order valence-electron chi connectivity index (χ3n) is 5.63. The van der Waals surface area contributed by atoms with Gasteiger partial charge >= 0.3 is 0 Å². The zero-order chi connectivity index (χ0) is 17.8. The first-order valence-electron chi connectivity index (χ1n) is 9.63. The number of aromatic amines is 1. The van der Waals surface area contributed by atoms with Crippen molar-refractivity contribution in [3.05, 3.63) is 89.2 Å². The molecule has 0 amide bonds. The molecule has 3 aromatic rings. The van der Waals surface area contributed by atoms with E-state index in [4.69, 9.17) is 0 Å². The summed E-state index contributed by atoms with van der Waals surface area (Å²) in [4.78, 5) is 2.64. The lowest BCUT2D eigenvalue weighted by Gasteiger charge is -2.35. The monoisotopic (exact) mass is 345 g/mol. The molecule has 1 aliphatic heterocycles. The normalized spacial score (nSPS) is 18.3. The fraction of sp³-hybridized carbons (Fsp3) is 0.348. The first-order valence-corrected chi connectivity index (χ1v) is 9.63. The number of H-pyrrole nitrogens is 1. The molecule has 1 aliphatic rings. The second-order valence-corrected chi connectivity index (χ2v) is 7.44. The molecule has 0 bridgehead atoms. The standard InChI is InChI=1S/C23H27N3/c1-18-15-24-25-23(18)21-13-8-14-26(16-21)17-22(19-9-4-2-5-10-19)20-11-6-3-7-12-20/h2-7,9-12,15,21-22H,8,13-14,16-17H2,1H3,(H,24,25). The van der Waals surface area contributed by atoms with Crippen molar-refractivity contribution < 1.29 is 0 Å². The molecule has 26 heavy (non-hydrogen) atoms. The summed E-state index contributed by atoms with van der Waals surface area (Å²) in [7, 11) is 0. The van der Waals surface area contributed by atoms with Gasteiger partial charge in [0.25, 0.3) is 0 Å². The molecule has 2 aromatic carbocycles. The molecule has 3 nitrogen and oxygen atoms in total. The third-order valence-corrected chi connectivity index (χ3v) is 5.63. The summed E-state index contributed by atoms with van der Waals surface area (Å²) >= 11 is 0. The van der Waals surface area contributed by atoms with Gasteiger partial charge in [0.15, 0.2) is 0 Å². The van der Waals surface area contributed by atoms with Gasteiger partial charge < -0.3 is 4.90 Å². The highest BCUT2D eigenvalue weighted by atomic mass is 15.2. The SMILES string of the molecule is Cc1cn[nH]c1C1CCCN(CC(c2ccccc2)c2ccccc2)C1. The van der Waals surface area contributed by atoms with Crippen LogP contribution in [0.2, 0.25) is 0 Å². The van der Waals surface area contributed by atoms with Crippen LogP contribution in [0, 0.1) is 6.92 Å². The summed E-state index contributed by atoms with van der Waals surface area (Å²) in [5, 5.41) is 7.47. The molecule has 0 aliphatic carbocycles. The molecule has 1 atom stereocenters. The molecule has 134 valence electrons. The van der Waals surface area contributed by atoms with Gasteiger partial charge in [0.2, 0.25) is 0 Å². The number of hydrogen-bond acceptors (Lipinski definition) is 2. The molecule has 1 saturated heterocycles. The van der Waals surface area contributed by atoms with Gasteiger partial charge in [0, 0.05) is 30.6 Å². The summed E-state index contributed by atoms with van der Waals surface area (Å²) in [6, 6.07) is 21.9. The Labute approximate surface area is 156 Å². The van der Waals surface area contributed by atoms with E-state index in [-0.39, 0.29) is 0 Å². The van der Waals surface area contributed by atoms with Crippen LogP contribution in [0.3, 0.4) is 0 Å². The van der Waals surface area contributed by atoms with E-state index < -0.39 is 0 Å². The Hall–Kier alpha value is -2.39. The van der Waals surface area contributed by atoms with Crippen molar-refractivity contribution in [3.8, 4) is 0 Å². The van der Waals surface area contributed by atoms with Gasteiger partial charge in [0.1, 0.15) is 0 Å². The maximum absolute atomic E-state index is 4.23. The highest BCUT2D eigenvalue weighted by Crippen LogP contribution is 2.31. The minimum absolute atomic E-state index is 0.416. The van der Waals surface area contributed by atoms with Crippen molar-refractivity contribution in [2.75, 3.05) is 19.6 Å². The highest BCUT2D eigenvalue weighted by molar-refractivity contribution is 5.33. The topological polar surface area (TPSA) is 31.9 Å². The minimum atomic E-state index is 0.416. The van der Waals surface area contributed by atoms with Gasteiger partial charge in [-0.3, -0.25) is 5.10 Å². The first-order chi connectivity index (χ1) is 12.8. The summed E-state index contributed by atoms with van der Waals surface area (Å²) in [5.41, 5.74) is 5.42. The Kier molecular flexibility index (Phi) is 5.16. The zero-order valence-corrected chi connectivity index (χ0v) is 15.4. The molecule has 2 heterocycles. The number of hydrogen-bond donors (Lipinski definition) is 1. The Bertz CT molecular complexity index is 770. The minimum Gasteiger partial charge on any atom is -0.302 e. The van der Waals surface area contributed by atoms with Crippen molar-refractivity contribution >= 4 is 0 Å². The van der Waals surface area contributed by atoms with E-state index in [0.717, 1.165) is 13.1 Å². The predicted octanol–water partition coefficient (Wildman–Crippen LogP) is 4.73. The van der Waals surface area contributed by atoms with Crippen LogP contribution >= 0.6 is 0 Å². The Morgan fingerprint density at radius 3 is 2.27 bits per heavy atom. The lowest BCUT2D eigenvalue weighted by molar-refractivity contribution is 0.200. The number of piperidine rings is 1.